The summed E-state index contributed by atoms with van der Waals surface area (Å²) in [6.07, 6.45) is 56.5. The summed E-state index contributed by atoms with van der Waals surface area (Å²) in [5.41, 5.74) is 0. The molecule has 2 atom stereocenters. The summed E-state index contributed by atoms with van der Waals surface area (Å²) >= 11 is 0. The third-order valence-electron chi connectivity index (χ3n) is 9.30. The number of hydrogen-bond acceptors (Lipinski definition) is 7. The van der Waals surface area contributed by atoms with Gasteiger partial charge in [0.25, 0.3) is 0 Å². The summed E-state index contributed by atoms with van der Waals surface area (Å²) in [5.74, 6) is -0.566. The van der Waals surface area contributed by atoms with Crippen molar-refractivity contribution in [2.75, 3.05) is 26.4 Å². The molecule has 0 aliphatic carbocycles. The van der Waals surface area contributed by atoms with Gasteiger partial charge in [-0.2, -0.15) is 0 Å². The van der Waals surface area contributed by atoms with Crippen molar-refractivity contribution in [3.63, 3.8) is 0 Å². The number of nitrogens with one attached hydrogen (secondary N) is 1. The lowest BCUT2D eigenvalue weighted by atomic mass is 10.1. The second kappa shape index (κ2) is 44.7. The molecule has 0 saturated carbocycles. The molecule has 59 heavy (non-hydrogen) atoms. The van der Waals surface area contributed by atoms with Crippen LogP contribution in [0, 0.1) is 0 Å². The number of allylic oxidation sites excluding steroid dienone is 14. The van der Waals surface area contributed by atoms with Crippen molar-refractivity contribution in [1.82, 2.24) is 5.32 Å². The summed E-state index contributed by atoms with van der Waals surface area (Å²) in [5, 5.41) is 12.7. The van der Waals surface area contributed by atoms with Gasteiger partial charge in [0.05, 0.1) is 13.2 Å². The lowest BCUT2D eigenvalue weighted by Gasteiger charge is -2.15. The zero-order valence-electron chi connectivity index (χ0n) is 37.2. The molecule has 0 bridgehead atoms. The highest BCUT2D eigenvalue weighted by Crippen LogP contribution is 2.42. The molecule has 0 aromatic carbocycles. The predicted octanol–water partition coefficient (Wildman–Crippen LogP) is 13.2. The topological polar surface area (TPSA) is 131 Å². The van der Waals surface area contributed by atoms with Crippen LogP contribution < -0.4 is 5.32 Å². The van der Waals surface area contributed by atoms with E-state index in [1.165, 1.54) is 64.2 Å². The Hall–Kier alpha value is -2.81. The molecule has 338 valence electrons. The Kier molecular flexibility index (Phi) is 42.6. The van der Waals surface area contributed by atoms with Gasteiger partial charge in [0.15, 0.2) is 0 Å². The smallest absolute Gasteiger partial charge is 0.463 e. The fraction of sp³-hybridized carbons (Fsp3) is 0.673. The quantitative estimate of drug-likeness (QED) is 0.0240. The summed E-state index contributed by atoms with van der Waals surface area (Å²) < 4.78 is 26.9. The number of hydrogen-bond donors (Lipinski definition) is 3. The van der Waals surface area contributed by atoms with Gasteiger partial charge in [0, 0.05) is 19.4 Å². The fourth-order valence-electron chi connectivity index (χ4n) is 5.78. The van der Waals surface area contributed by atoms with E-state index in [1.54, 1.807) is 0 Å². The second-order valence-electron chi connectivity index (χ2n) is 15.0. The van der Waals surface area contributed by atoms with Gasteiger partial charge in [0.2, 0.25) is 5.91 Å². The van der Waals surface area contributed by atoms with E-state index in [4.69, 9.17) is 13.8 Å². The van der Waals surface area contributed by atoms with Gasteiger partial charge < -0.3 is 20.1 Å². The molecule has 0 spiro atoms. The third-order valence-corrected chi connectivity index (χ3v) is 10.3. The third kappa shape index (κ3) is 46.1. The van der Waals surface area contributed by atoms with E-state index in [2.05, 4.69) is 104 Å². The molecule has 0 radical (unpaired) electrons. The first-order valence-electron chi connectivity index (χ1n) is 23.1. The Morgan fingerprint density at radius 1 is 0.525 bits per heavy atom. The van der Waals surface area contributed by atoms with E-state index in [0.717, 1.165) is 83.5 Å². The van der Waals surface area contributed by atoms with Crippen LogP contribution in [-0.4, -0.2) is 54.3 Å². The highest BCUT2D eigenvalue weighted by atomic mass is 31.2. The molecule has 0 aliphatic heterocycles. The number of phosphoric ester groups is 1. The molecule has 0 saturated heterocycles. The van der Waals surface area contributed by atoms with Gasteiger partial charge in [0.1, 0.15) is 12.7 Å². The first kappa shape index (κ1) is 56.2. The van der Waals surface area contributed by atoms with Crippen LogP contribution in [0.2, 0.25) is 0 Å². The zero-order valence-corrected chi connectivity index (χ0v) is 38.1. The highest BCUT2D eigenvalue weighted by Gasteiger charge is 2.23. The Labute approximate surface area is 360 Å². The standard InChI is InChI=1S/C49H84NO8P/c1-3-5-7-9-11-13-15-17-19-21-23-25-27-29-31-33-35-37-39-41-48(52)50-43-44-57-59(54,55)58-46-47(51)45-56-49(53)42-40-38-36-34-32-30-28-26-24-22-20-18-16-14-12-10-8-6-4-2/h11-14,17-20,23-26,29,31,47,51H,3-10,15-16,21-22,27-28,30,32-46H2,1-2H3,(H,50,52)(H,54,55)/b13-11-,14-12-,19-17-,20-18-,25-23-,26-24-,31-29-. The molecule has 0 aromatic rings. The molecule has 10 heteroatoms. The second-order valence-corrected chi connectivity index (χ2v) is 16.5. The normalized spacial score (nSPS) is 14.0. The Balaban J connectivity index is 3.69. The van der Waals surface area contributed by atoms with Gasteiger partial charge in [-0.1, -0.05) is 157 Å². The summed E-state index contributed by atoms with van der Waals surface area (Å²) in [6, 6.07) is 0. The molecule has 3 N–H and O–H groups in total. The monoisotopic (exact) mass is 846 g/mol. The Morgan fingerprint density at radius 2 is 0.915 bits per heavy atom. The van der Waals surface area contributed by atoms with E-state index < -0.39 is 26.5 Å². The molecule has 0 fully saturated rings. The average molecular weight is 846 g/mol. The minimum absolute atomic E-state index is 0.0579. The van der Waals surface area contributed by atoms with Gasteiger partial charge >= 0.3 is 13.8 Å². The largest absolute Gasteiger partial charge is 0.472 e. The highest BCUT2D eigenvalue weighted by molar-refractivity contribution is 7.47. The molecule has 1 amide bonds. The van der Waals surface area contributed by atoms with Crippen molar-refractivity contribution < 1.29 is 37.9 Å². The number of esters is 1. The number of aliphatic hydroxyl groups is 1. The summed E-state index contributed by atoms with van der Waals surface area (Å²) in [6.45, 7) is 3.43. The molecular formula is C49H84NO8P. The van der Waals surface area contributed by atoms with E-state index in [-0.39, 0.29) is 32.1 Å². The maximum absolute atomic E-state index is 12.1. The fourth-order valence-corrected chi connectivity index (χ4v) is 6.54. The number of unbranched alkanes of at least 4 members (excludes halogenated alkanes) is 15. The number of carbonyl (C=O) groups is 2. The lowest BCUT2D eigenvalue weighted by molar-refractivity contribution is -0.147. The van der Waals surface area contributed by atoms with E-state index in [1.807, 2.05) is 0 Å². The summed E-state index contributed by atoms with van der Waals surface area (Å²) in [4.78, 5) is 34.0. The molecular weight excluding hydrogens is 762 g/mol. The maximum atomic E-state index is 12.1. The minimum Gasteiger partial charge on any atom is -0.463 e. The van der Waals surface area contributed by atoms with Crippen molar-refractivity contribution in [2.45, 2.75) is 187 Å². The van der Waals surface area contributed by atoms with Crippen molar-refractivity contribution in [1.29, 1.82) is 0 Å². The molecule has 2 unspecified atom stereocenters. The first-order chi connectivity index (χ1) is 28.8. The van der Waals surface area contributed by atoms with E-state index in [9.17, 15) is 24.2 Å². The number of carbonyl (C=O) groups excluding carboxylic acids is 2. The van der Waals surface area contributed by atoms with Crippen LogP contribution in [0.5, 0.6) is 0 Å². The predicted molar refractivity (Wildman–Crippen MR) is 247 cm³/mol. The Bertz CT molecular complexity index is 1240. The number of amides is 1. The van der Waals surface area contributed by atoms with Gasteiger partial charge in [-0.3, -0.25) is 18.6 Å². The number of phosphoric acid groups is 1. The zero-order chi connectivity index (χ0) is 43.2. The van der Waals surface area contributed by atoms with Crippen molar-refractivity contribution in [3.05, 3.63) is 85.1 Å². The minimum atomic E-state index is -4.44. The lowest BCUT2D eigenvalue weighted by Crippen LogP contribution is -2.27. The maximum Gasteiger partial charge on any atom is 0.472 e. The van der Waals surface area contributed by atoms with Crippen LogP contribution in [0.25, 0.3) is 0 Å². The summed E-state index contributed by atoms with van der Waals surface area (Å²) in [7, 11) is -4.44. The first-order valence-corrected chi connectivity index (χ1v) is 24.6. The van der Waals surface area contributed by atoms with E-state index >= 15 is 0 Å². The number of aliphatic hydroxyl groups excluding tert-OH is 1. The molecule has 0 aliphatic rings. The molecule has 0 heterocycles. The van der Waals surface area contributed by atoms with Crippen molar-refractivity contribution >= 4 is 19.7 Å². The van der Waals surface area contributed by atoms with Crippen LogP contribution >= 0.6 is 7.82 Å². The van der Waals surface area contributed by atoms with Crippen LogP contribution in [-0.2, 0) is 27.9 Å². The molecule has 0 aromatic heterocycles. The van der Waals surface area contributed by atoms with Crippen LogP contribution in [0.3, 0.4) is 0 Å². The molecule has 0 rings (SSSR count). The van der Waals surface area contributed by atoms with Gasteiger partial charge in [-0.25, -0.2) is 4.57 Å². The van der Waals surface area contributed by atoms with Crippen LogP contribution in [0.4, 0.5) is 0 Å². The van der Waals surface area contributed by atoms with Crippen molar-refractivity contribution in [3.8, 4) is 0 Å². The average Bonchev–Trinajstić information content (AvgIpc) is 3.22. The van der Waals surface area contributed by atoms with Gasteiger partial charge in [-0.05, 0) is 96.3 Å². The SMILES string of the molecule is CCCCC/C=C\C/C=C\C/C=C\C/C=C\CCCCCC(=O)NCCOP(=O)(O)OCC(O)COC(=O)CCCCCCCC/C=C\C/C=C\C/C=C\CCCCC. The van der Waals surface area contributed by atoms with Crippen LogP contribution in [0.1, 0.15) is 181 Å². The van der Waals surface area contributed by atoms with E-state index in [0.29, 0.717) is 12.8 Å². The van der Waals surface area contributed by atoms with Crippen LogP contribution in [0.15, 0.2) is 85.1 Å². The number of ether oxygens (including phenoxy) is 1. The Morgan fingerprint density at radius 3 is 1.39 bits per heavy atom. The van der Waals surface area contributed by atoms with Gasteiger partial charge in [-0.15, -0.1) is 0 Å². The number of rotatable bonds is 42. The van der Waals surface area contributed by atoms with Crippen molar-refractivity contribution in [2.24, 2.45) is 0 Å². The molecule has 9 nitrogen and oxygen atoms in total.